The van der Waals surface area contributed by atoms with Crippen molar-refractivity contribution in [3.05, 3.63) is 94.8 Å². The van der Waals surface area contributed by atoms with Crippen LogP contribution in [0.25, 0.3) is 11.1 Å². The topological polar surface area (TPSA) is 23.8 Å². The number of unbranched alkanes of at least 4 members (excludes halogenated alkanes) is 2. The van der Waals surface area contributed by atoms with Crippen LogP contribution < -0.4 is 0 Å². The number of hydrogen-bond acceptors (Lipinski definition) is 1. The fraction of sp³-hybridized carbons (Fsp3) is 0.387. The van der Waals surface area contributed by atoms with Crippen molar-refractivity contribution in [1.82, 2.24) is 0 Å². The Morgan fingerprint density at radius 3 is 2.21 bits per heavy atom. The number of rotatable bonds is 9. The molecule has 0 saturated carbocycles. The van der Waals surface area contributed by atoms with Gasteiger partial charge >= 0.3 is 0 Å². The fourth-order valence-electron chi connectivity index (χ4n) is 5.15. The van der Waals surface area contributed by atoms with Crippen LogP contribution in [0.15, 0.2) is 66.7 Å². The fourth-order valence-corrected chi connectivity index (χ4v) is 8.17. The minimum atomic E-state index is -0.203. The normalized spacial score (nSPS) is 14.7. The molecular formula is C31H35FNSi. The average molecular weight is 469 g/mol. The zero-order valence-electron chi connectivity index (χ0n) is 20.3. The molecule has 3 aromatic carbocycles. The van der Waals surface area contributed by atoms with E-state index in [1.54, 1.807) is 30.3 Å². The Morgan fingerprint density at radius 2 is 1.56 bits per heavy atom. The van der Waals surface area contributed by atoms with Crippen LogP contribution in [0.2, 0.25) is 18.1 Å². The molecule has 0 bridgehead atoms. The van der Waals surface area contributed by atoms with Gasteiger partial charge in [0, 0.05) is 14.4 Å². The van der Waals surface area contributed by atoms with E-state index in [-0.39, 0.29) is 14.6 Å². The lowest BCUT2D eigenvalue weighted by molar-refractivity contribution is 0.603. The average Bonchev–Trinajstić information content (AvgIpc) is 2.89. The molecule has 1 nitrogen and oxygen atoms in total. The summed E-state index contributed by atoms with van der Waals surface area (Å²) in [7, 11) is -0.0778. The second-order valence-corrected chi connectivity index (χ2v) is 12.7. The number of nitrogens with zero attached hydrogens (tertiary/aromatic N) is 1. The maximum absolute atomic E-state index is 14.8. The van der Waals surface area contributed by atoms with Crippen molar-refractivity contribution >= 4 is 8.80 Å². The van der Waals surface area contributed by atoms with E-state index in [2.05, 4.69) is 37.3 Å². The number of halogens is 1. The molecule has 1 radical (unpaired) electrons. The molecule has 3 heteroatoms. The predicted molar refractivity (Wildman–Crippen MR) is 142 cm³/mol. The van der Waals surface area contributed by atoms with Gasteiger partial charge in [-0.1, -0.05) is 92.8 Å². The minimum absolute atomic E-state index is 0.0778. The highest BCUT2D eigenvalue weighted by atomic mass is 28.3. The molecule has 0 atom stereocenters. The summed E-state index contributed by atoms with van der Waals surface area (Å²) in [5, 5.41) is 8.94. The SMILES string of the molecule is CCCCC[Si]1CCC(c2ccc(CCc3ccc(-c4ccc(C#N)cc4)c(F)c3)cc2)CC1. The van der Waals surface area contributed by atoms with Crippen molar-refractivity contribution in [3.63, 3.8) is 0 Å². The zero-order valence-corrected chi connectivity index (χ0v) is 21.3. The van der Waals surface area contributed by atoms with Crippen LogP contribution in [-0.2, 0) is 12.8 Å². The highest BCUT2D eigenvalue weighted by Crippen LogP contribution is 2.35. The lowest BCUT2D eigenvalue weighted by Gasteiger charge is -2.28. The van der Waals surface area contributed by atoms with Crippen LogP contribution >= 0.6 is 0 Å². The molecule has 1 fully saturated rings. The van der Waals surface area contributed by atoms with E-state index in [0.29, 0.717) is 11.1 Å². The summed E-state index contributed by atoms with van der Waals surface area (Å²) in [6.07, 6.45) is 8.71. The molecule has 1 heterocycles. The molecule has 34 heavy (non-hydrogen) atoms. The van der Waals surface area contributed by atoms with Crippen molar-refractivity contribution in [1.29, 1.82) is 5.26 Å². The lowest BCUT2D eigenvalue weighted by atomic mass is 9.92. The van der Waals surface area contributed by atoms with Crippen LogP contribution in [0.1, 0.15) is 67.2 Å². The van der Waals surface area contributed by atoms with Gasteiger partial charge in [0.2, 0.25) is 0 Å². The Bertz CT molecular complexity index is 1090. The summed E-state index contributed by atoms with van der Waals surface area (Å²) < 4.78 is 14.8. The summed E-state index contributed by atoms with van der Waals surface area (Å²) in [6, 6.07) is 28.4. The largest absolute Gasteiger partial charge is 0.206 e. The molecule has 175 valence electrons. The Balaban J connectivity index is 1.29. The van der Waals surface area contributed by atoms with Gasteiger partial charge in [0.25, 0.3) is 0 Å². The first-order valence-electron chi connectivity index (χ1n) is 12.9. The Kier molecular flexibility index (Phi) is 8.71. The van der Waals surface area contributed by atoms with Gasteiger partial charge < -0.3 is 0 Å². The molecule has 0 amide bonds. The Labute approximate surface area is 206 Å². The standard InChI is InChI=1S/C31H35FNSi/c1-2-3-4-19-34-20-17-28(18-21-34)27-12-7-24(8-13-27)5-6-25-11-16-30(31(32)22-25)29-14-9-26(23-33)10-15-29/h7-16,22,28H,2-6,17-21H2,1H3. The second kappa shape index (κ2) is 12.1. The molecule has 0 N–H and O–H groups in total. The first kappa shape index (κ1) is 24.4. The van der Waals surface area contributed by atoms with E-state index in [1.165, 1.54) is 61.4 Å². The van der Waals surface area contributed by atoms with Crippen LogP contribution in [0, 0.1) is 17.1 Å². The molecule has 1 aliphatic heterocycles. The monoisotopic (exact) mass is 468 g/mol. The number of benzene rings is 3. The maximum Gasteiger partial charge on any atom is 0.131 e. The molecule has 0 spiro atoms. The van der Waals surface area contributed by atoms with Crippen LogP contribution in [0.5, 0.6) is 0 Å². The van der Waals surface area contributed by atoms with Gasteiger partial charge in [0.1, 0.15) is 5.82 Å². The molecular weight excluding hydrogens is 433 g/mol. The Hall–Kier alpha value is -2.70. The molecule has 0 aromatic heterocycles. The van der Waals surface area contributed by atoms with E-state index in [4.69, 9.17) is 5.26 Å². The first-order chi connectivity index (χ1) is 16.7. The highest BCUT2D eigenvalue weighted by molar-refractivity contribution is 6.59. The summed E-state index contributed by atoms with van der Waals surface area (Å²) in [5.41, 5.74) is 5.82. The molecule has 0 aliphatic carbocycles. The summed E-state index contributed by atoms with van der Waals surface area (Å²) in [5.74, 6) is 0.545. The molecule has 0 unspecified atom stereocenters. The summed E-state index contributed by atoms with van der Waals surface area (Å²) in [4.78, 5) is 0. The lowest BCUT2D eigenvalue weighted by Crippen LogP contribution is -2.20. The molecule has 3 aromatic rings. The third-order valence-electron chi connectivity index (χ3n) is 7.34. The van der Waals surface area contributed by atoms with Crippen molar-refractivity contribution in [3.8, 4) is 17.2 Å². The van der Waals surface area contributed by atoms with E-state index < -0.39 is 0 Å². The van der Waals surface area contributed by atoms with Crippen molar-refractivity contribution < 1.29 is 4.39 Å². The summed E-state index contributed by atoms with van der Waals surface area (Å²) >= 11 is 0. The van der Waals surface area contributed by atoms with Crippen LogP contribution in [0.4, 0.5) is 4.39 Å². The quantitative estimate of drug-likeness (QED) is 0.227. The van der Waals surface area contributed by atoms with E-state index in [1.807, 2.05) is 12.1 Å². The first-order valence-corrected chi connectivity index (χ1v) is 15.0. The molecule has 1 saturated heterocycles. The predicted octanol–water partition coefficient (Wildman–Crippen LogP) is 8.71. The van der Waals surface area contributed by atoms with Gasteiger partial charge in [0.05, 0.1) is 11.6 Å². The third-order valence-corrected chi connectivity index (χ3v) is 10.4. The van der Waals surface area contributed by atoms with E-state index in [9.17, 15) is 4.39 Å². The van der Waals surface area contributed by atoms with Gasteiger partial charge in [-0.25, -0.2) is 4.39 Å². The van der Waals surface area contributed by atoms with Gasteiger partial charge in [0.15, 0.2) is 0 Å². The van der Waals surface area contributed by atoms with Crippen molar-refractivity contribution in [2.45, 2.75) is 75.9 Å². The number of hydrogen-bond donors (Lipinski definition) is 0. The van der Waals surface area contributed by atoms with E-state index in [0.717, 1.165) is 29.9 Å². The van der Waals surface area contributed by atoms with Crippen molar-refractivity contribution in [2.24, 2.45) is 0 Å². The number of aryl methyl sites for hydroxylation is 2. The molecule has 4 rings (SSSR count). The van der Waals surface area contributed by atoms with Gasteiger partial charge in [-0.3, -0.25) is 0 Å². The van der Waals surface area contributed by atoms with Gasteiger partial charge in [-0.05, 0) is 72.1 Å². The smallest absolute Gasteiger partial charge is 0.131 e. The zero-order chi connectivity index (χ0) is 23.8. The van der Waals surface area contributed by atoms with Crippen LogP contribution in [-0.4, -0.2) is 8.80 Å². The number of nitriles is 1. The second-order valence-electron chi connectivity index (χ2n) is 9.73. The van der Waals surface area contributed by atoms with Gasteiger partial charge in [-0.15, -0.1) is 0 Å². The maximum atomic E-state index is 14.8. The molecule has 1 aliphatic rings. The third kappa shape index (κ3) is 6.45. The highest BCUT2D eigenvalue weighted by Gasteiger charge is 2.23. The van der Waals surface area contributed by atoms with Crippen molar-refractivity contribution in [2.75, 3.05) is 0 Å². The summed E-state index contributed by atoms with van der Waals surface area (Å²) in [6.45, 7) is 2.30. The van der Waals surface area contributed by atoms with Crippen LogP contribution in [0.3, 0.4) is 0 Å². The van der Waals surface area contributed by atoms with Gasteiger partial charge in [-0.2, -0.15) is 5.26 Å². The Morgan fingerprint density at radius 1 is 0.882 bits per heavy atom. The van der Waals surface area contributed by atoms with E-state index >= 15 is 0 Å². The minimum Gasteiger partial charge on any atom is -0.206 e.